The van der Waals surface area contributed by atoms with Crippen molar-refractivity contribution in [1.29, 1.82) is 0 Å². The number of nitrogens with zero attached hydrogens (tertiary/aromatic N) is 3. The van der Waals surface area contributed by atoms with E-state index in [0.29, 0.717) is 11.6 Å². The summed E-state index contributed by atoms with van der Waals surface area (Å²) in [5.74, 6) is -4.64. The van der Waals surface area contributed by atoms with Gasteiger partial charge in [-0.25, -0.2) is 9.59 Å². The summed E-state index contributed by atoms with van der Waals surface area (Å²) < 4.78 is 69.5. The fourth-order valence-corrected chi connectivity index (χ4v) is 4.52. The van der Waals surface area contributed by atoms with E-state index in [1.54, 1.807) is 0 Å². The molecule has 8 nitrogen and oxygen atoms in total. The maximum absolute atomic E-state index is 10.6. The molecule has 0 amide bonds. The molecule has 14 heteroatoms. The van der Waals surface area contributed by atoms with Gasteiger partial charge < -0.3 is 14.9 Å². The Labute approximate surface area is 216 Å². The minimum Gasteiger partial charge on any atom is -0.475 e. The number of likely N-dealkylation sites (N-methyl/N-ethyl adjacent to an activating group) is 1. The Morgan fingerprint density at radius 3 is 1.89 bits per heavy atom. The van der Waals surface area contributed by atoms with Gasteiger partial charge in [-0.15, -0.1) is 0 Å². The van der Waals surface area contributed by atoms with E-state index in [-0.39, 0.29) is 0 Å². The van der Waals surface area contributed by atoms with Gasteiger partial charge in [-0.05, 0) is 69.2 Å². The summed E-state index contributed by atoms with van der Waals surface area (Å²) in [6.07, 6.45) is 1.67. The van der Waals surface area contributed by atoms with Crippen molar-refractivity contribution in [3.63, 3.8) is 0 Å². The van der Waals surface area contributed by atoms with Crippen molar-refractivity contribution < 1.29 is 50.9 Å². The third-order valence-electron chi connectivity index (χ3n) is 7.03. The van der Waals surface area contributed by atoms with Gasteiger partial charge in [-0.1, -0.05) is 0 Å². The molecular weight excluding hydrogens is 524 g/mol. The van der Waals surface area contributed by atoms with Crippen LogP contribution in [-0.4, -0.2) is 94.2 Å². The molecule has 1 spiro atoms. The topological polar surface area (TPSA) is 103 Å². The summed E-state index contributed by atoms with van der Waals surface area (Å²) in [7, 11) is 2.34. The lowest BCUT2D eigenvalue weighted by Gasteiger charge is -2.45. The molecule has 1 saturated carbocycles. The molecule has 1 atom stereocenters. The Balaban J connectivity index is 0.000000301. The molecule has 1 aliphatic carbocycles. The number of carboxylic acids is 2. The van der Waals surface area contributed by atoms with Gasteiger partial charge in [0.15, 0.2) is 0 Å². The van der Waals surface area contributed by atoms with Crippen LogP contribution >= 0.6 is 0 Å². The second kappa shape index (κ2) is 13.6. The molecule has 0 aromatic carbocycles. The van der Waals surface area contributed by atoms with Crippen molar-refractivity contribution in [1.82, 2.24) is 14.8 Å². The Kier molecular flexibility index (Phi) is 11.3. The van der Waals surface area contributed by atoms with Gasteiger partial charge >= 0.3 is 24.3 Å². The monoisotopic (exact) mass is 557 g/mol. The van der Waals surface area contributed by atoms with Crippen LogP contribution in [0.3, 0.4) is 0 Å². The quantitative estimate of drug-likeness (QED) is 0.502. The number of aliphatic carboxylic acids is 2. The second-order valence-electron chi connectivity index (χ2n) is 9.75. The molecule has 3 fully saturated rings. The van der Waals surface area contributed by atoms with Gasteiger partial charge in [-0.3, -0.25) is 14.8 Å². The smallest absolute Gasteiger partial charge is 0.475 e. The number of aromatic nitrogens is 1. The van der Waals surface area contributed by atoms with Crippen LogP contribution in [0.25, 0.3) is 0 Å². The Bertz CT molecular complexity index is 864. The molecule has 2 saturated heterocycles. The van der Waals surface area contributed by atoms with Crippen LogP contribution in [0.1, 0.15) is 44.1 Å². The molecule has 216 valence electrons. The van der Waals surface area contributed by atoms with E-state index in [1.807, 2.05) is 12.4 Å². The lowest BCUT2D eigenvalue weighted by Crippen LogP contribution is -2.52. The number of carboxylic acid groups (broad SMARTS) is 2. The third-order valence-corrected chi connectivity index (χ3v) is 7.03. The zero-order valence-electron chi connectivity index (χ0n) is 21.0. The van der Waals surface area contributed by atoms with E-state index in [2.05, 4.69) is 34.0 Å². The highest BCUT2D eigenvalue weighted by atomic mass is 19.4. The normalized spacial score (nSPS) is 21.7. The number of rotatable bonds is 6. The standard InChI is InChI=1S/C20H31N3O.2C2HF3O2/c1-22-19(16-24-15-18-2-3-18)4-7-20(22)8-12-23(13-9-20)14-17-5-10-21-11-6-17;2*3-2(4,5)1(6)7/h5-6,10-11,18-19H,2-4,7-9,12-16H2,1H3;2*(H,6,7). The van der Waals surface area contributed by atoms with Crippen LogP contribution in [0.15, 0.2) is 24.5 Å². The highest BCUT2D eigenvalue weighted by molar-refractivity contribution is 5.73. The summed E-state index contributed by atoms with van der Waals surface area (Å²) in [5.41, 5.74) is 1.81. The van der Waals surface area contributed by atoms with Crippen molar-refractivity contribution in [3.05, 3.63) is 30.1 Å². The number of pyridine rings is 1. The van der Waals surface area contributed by atoms with Crippen LogP contribution in [-0.2, 0) is 20.9 Å². The van der Waals surface area contributed by atoms with Gasteiger partial charge in [0, 0.05) is 50.2 Å². The summed E-state index contributed by atoms with van der Waals surface area (Å²) in [6.45, 7) is 5.42. The SMILES string of the molecule is CN1C(COCC2CC2)CCC12CCN(Cc1ccncc1)CC2.O=C(O)C(F)(F)F.O=C(O)C(F)(F)F. The second-order valence-corrected chi connectivity index (χ2v) is 9.75. The number of likely N-dealkylation sites (tertiary alicyclic amines) is 2. The fraction of sp³-hybridized carbons (Fsp3) is 0.708. The molecule has 3 heterocycles. The zero-order valence-corrected chi connectivity index (χ0v) is 21.0. The van der Waals surface area contributed by atoms with Gasteiger partial charge in [0.2, 0.25) is 0 Å². The van der Waals surface area contributed by atoms with E-state index in [0.717, 1.165) is 25.7 Å². The molecule has 1 unspecified atom stereocenters. The zero-order chi connectivity index (χ0) is 28.6. The predicted molar refractivity (Wildman–Crippen MR) is 123 cm³/mol. The van der Waals surface area contributed by atoms with E-state index in [1.165, 1.54) is 57.2 Å². The molecule has 1 aromatic heterocycles. The van der Waals surface area contributed by atoms with E-state index in [9.17, 15) is 26.3 Å². The maximum atomic E-state index is 10.6. The maximum Gasteiger partial charge on any atom is 0.490 e. The number of hydrogen-bond acceptors (Lipinski definition) is 6. The van der Waals surface area contributed by atoms with Crippen molar-refractivity contribution in [2.24, 2.45) is 5.92 Å². The largest absolute Gasteiger partial charge is 0.490 e. The first kappa shape index (κ1) is 31.8. The minimum absolute atomic E-state index is 0.433. The fourth-order valence-electron chi connectivity index (χ4n) is 4.52. The van der Waals surface area contributed by atoms with Gasteiger partial charge in [0.05, 0.1) is 6.61 Å². The van der Waals surface area contributed by atoms with Crippen LogP contribution < -0.4 is 0 Å². The molecule has 3 aliphatic rings. The third kappa shape index (κ3) is 10.4. The molecule has 0 radical (unpaired) electrons. The van der Waals surface area contributed by atoms with Crippen LogP contribution in [0.5, 0.6) is 0 Å². The lowest BCUT2D eigenvalue weighted by atomic mass is 9.85. The van der Waals surface area contributed by atoms with Crippen LogP contribution in [0.2, 0.25) is 0 Å². The number of carbonyl (C=O) groups is 2. The molecule has 4 rings (SSSR count). The van der Waals surface area contributed by atoms with Crippen molar-refractivity contribution in [2.75, 3.05) is 33.4 Å². The first-order chi connectivity index (χ1) is 17.6. The van der Waals surface area contributed by atoms with Crippen molar-refractivity contribution >= 4 is 11.9 Å². The number of ether oxygens (including phenoxy) is 1. The van der Waals surface area contributed by atoms with E-state index < -0.39 is 24.3 Å². The van der Waals surface area contributed by atoms with E-state index >= 15 is 0 Å². The highest BCUT2D eigenvalue weighted by Crippen LogP contribution is 2.41. The Hall–Kier alpha value is -2.45. The molecule has 0 bridgehead atoms. The minimum atomic E-state index is -5.08. The van der Waals surface area contributed by atoms with Gasteiger partial charge in [-0.2, -0.15) is 26.3 Å². The summed E-state index contributed by atoms with van der Waals surface area (Å²) in [4.78, 5) is 27.2. The summed E-state index contributed by atoms with van der Waals surface area (Å²) in [5, 5.41) is 14.2. The number of hydrogen-bond donors (Lipinski definition) is 2. The molecular formula is C24H33F6N3O5. The summed E-state index contributed by atoms with van der Waals surface area (Å²) in [6, 6.07) is 4.91. The van der Waals surface area contributed by atoms with Gasteiger partial charge in [0.25, 0.3) is 0 Å². The van der Waals surface area contributed by atoms with Gasteiger partial charge in [0.1, 0.15) is 0 Å². The Morgan fingerprint density at radius 1 is 0.947 bits per heavy atom. The summed E-state index contributed by atoms with van der Waals surface area (Å²) >= 11 is 0. The lowest BCUT2D eigenvalue weighted by molar-refractivity contribution is -0.193. The van der Waals surface area contributed by atoms with Crippen LogP contribution in [0.4, 0.5) is 26.3 Å². The first-order valence-corrected chi connectivity index (χ1v) is 12.2. The van der Waals surface area contributed by atoms with Crippen molar-refractivity contribution in [3.8, 4) is 0 Å². The average Bonchev–Trinajstić information content (AvgIpc) is 3.62. The van der Waals surface area contributed by atoms with Crippen LogP contribution in [0, 0.1) is 5.92 Å². The highest BCUT2D eigenvalue weighted by Gasteiger charge is 2.45. The molecule has 2 aliphatic heterocycles. The number of alkyl halides is 6. The molecule has 1 aromatic rings. The number of piperidine rings is 1. The van der Waals surface area contributed by atoms with E-state index in [4.69, 9.17) is 24.5 Å². The average molecular weight is 558 g/mol. The number of halogens is 6. The van der Waals surface area contributed by atoms with Crippen molar-refractivity contribution in [2.45, 2.75) is 69.0 Å². The predicted octanol–water partition coefficient (Wildman–Crippen LogP) is 4.20. The first-order valence-electron chi connectivity index (χ1n) is 12.2. The Morgan fingerprint density at radius 2 is 1.45 bits per heavy atom. The molecule has 2 N–H and O–H groups in total. The molecule has 38 heavy (non-hydrogen) atoms.